The average molecular weight is 347 g/mol. The number of unbranched alkanes of at least 4 members (excludes halogenated alkanes) is 10. The van der Waals surface area contributed by atoms with Crippen LogP contribution >= 0.6 is 0 Å². The normalized spacial score (nSPS) is 11.0. The Hall–Kier alpha value is -1.38. The highest BCUT2D eigenvalue weighted by Crippen LogP contribution is 2.15. The van der Waals surface area contributed by atoms with Gasteiger partial charge in [-0.3, -0.25) is 9.78 Å². The summed E-state index contributed by atoms with van der Waals surface area (Å²) in [5.41, 5.74) is 8.16. The number of rotatable bonds is 15. The lowest BCUT2D eigenvalue weighted by Crippen LogP contribution is -2.15. The molecule has 0 aliphatic rings. The molecule has 1 aromatic heterocycles. The van der Waals surface area contributed by atoms with E-state index in [1.165, 1.54) is 70.6 Å². The van der Waals surface area contributed by atoms with Gasteiger partial charge in [-0.05, 0) is 37.8 Å². The third-order valence-corrected chi connectivity index (χ3v) is 4.85. The Bertz CT molecular complexity index is 485. The van der Waals surface area contributed by atoms with Crippen molar-refractivity contribution < 1.29 is 4.79 Å². The van der Waals surface area contributed by atoms with Gasteiger partial charge in [-0.25, -0.2) is 0 Å². The van der Waals surface area contributed by atoms with Crippen molar-refractivity contribution in [3.63, 3.8) is 0 Å². The molecule has 3 nitrogen and oxygen atoms in total. The van der Waals surface area contributed by atoms with Crippen LogP contribution in [0.25, 0.3) is 0 Å². The van der Waals surface area contributed by atoms with E-state index in [0.29, 0.717) is 5.56 Å². The van der Waals surface area contributed by atoms with Gasteiger partial charge in [-0.1, -0.05) is 78.1 Å². The Kier molecular flexibility index (Phi) is 12.0. The Morgan fingerprint density at radius 3 is 1.88 bits per heavy atom. The van der Waals surface area contributed by atoms with Crippen molar-refractivity contribution >= 4 is 5.91 Å². The Morgan fingerprint density at radius 1 is 0.800 bits per heavy atom. The quantitative estimate of drug-likeness (QED) is 0.397. The molecule has 0 aromatic carbocycles. The standard InChI is InChI=1S/C22H38N2O/c1-3-5-7-9-11-13-15-19-17-18-20(22(23)25)21(24-19)16-14-12-10-8-6-4-2/h17-18H,3-16H2,1-2H3,(H2,23,25). The van der Waals surface area contributed by atoms with Crippen molar-refractivity contribution in [2.24, 2.45) is 5.73 Å². The summed E-state index contributed by atoms with van der Waals surface area (Å²) in [5, 5.41) is 0. The summed E-state index contributed by atoms with van der Waals surface area (Å²) in [6, 6.07) is 3.87. The molecule has 1 heterocycles. The first kappa shape index (κ1) is 21.7. The topological polar surface area (TPSA) is 56.0 Å². The number of aryl methyl sites for hydroxylation is 2. The van der Waals surface area contributed by atoms with Crippen LogP contribution in [0.1, 0.15) is 113 Å². The van der Waals surface area contributed by atoms with Crippen molar-refractivity contribution in [3.05, 3.63) is 29.1 Å². The Labute approximate surface area is 154 Å². The van der Waals surface area contributed by atoms with Crippen LogP contribution in [0.3, 0.4) is 0 Å². The molecule has 2 N–H and O–H groups in total. The second-order valence-electron chi connectivity index (χ2n) is 7.20. The molecule has 1 rings (SSSR count). The fraction of sp³-hybridized carbons (Fsp3) is 0.727. The van der Waals surface area contributed by atoms with E-state index in [4.69, 9.17) is 10.7 Å². The highest BCUT2D eigenvalue weighted by molar-refractivity contribution is 5.93. The van der Waals surface area contributed by atoms with Crippen molar-refractivity contribution in [1.29, 1.82) is 0 Å². The Balaban J connectivity index is 2.45. The van der Waals surface area contributed by atoms with E-state index < -0.39 is 0 Å². The summed E-state index contributed by atoms with van der Waals surface area (Å²) >= 11 is 0. The van der Waals surface area contributed by atoms with E-state index in [1.54, 1.807) is 0 Å². The number of nitrogens with two attached hydrogens (primary N) is 1. The fourth-order valence-electron chi connectivity index (χ4n) is 3.26. The predicted octanol–water partition coefficient (Wildman–Crippen LogP) is 5.99. The second kappa shape index (κ2) is 13.9. The first-order valence-corrected chi connectivity index (χ1v) is 10.5. The molecule has 1 amide bonds. The highest BCUT2D eigenvalue weighted by atomic mass is 16.1. The zero-order chi connectivity index (χ0) is 18.3. The fourth-order valence-corrected chi connectivity index (χ4v) is 3.26. The van der Waals surface area contributed by atoms with E-state index in [1.807, 2.05) is 12.1 Å². The van der Waals surface area contributed by atoms with E-state index in [9.17, 15) is 4.79 Å². The summed E-state index contributed by atoms with van der Waals surface area (Å²) in [7, 11) is 0. The number of hydrogen-bond donors (Lipinski definition) is 1. The van der Waals surface area contributed by atoms with Gasteiger partial charge in [-0.15, -0.1) is 0 Å². The highest BCUT2D eigenvalue weighted by Gasteiger charge is 2.10. The predicted molar refractivity (Wildman–Crippen MR) is 107 cm³/mol. The van der Waals surface area contributed by atoms with Crippen molar-refractivity contribution in [1.82, 2.24) is 4.98 Å². The molecule has 3 heteroatoms. The second-order valence-corrected chi connectivity index (χ2v) is 7.20. The van der Waals surface area contributed by atoms with E-state index in [-0.39, 0.29) is 5.91 Å². The van der Waals surface area contributed by atoms with Crippen LogP contribution in [-0.4, -0.2) is 10.9 Å². The summed E-state index contributed by atoms with van der Waals surface area (Å²) < 4.78 is 0. The van der Waals surface area contributed by atoms with Gasteiger partial charge >= 0.3 is 0 Å². The van der Waals surface area contributed by atoms with E-state index in [2.05, 4.69) is 13.8 Å². The monoisotopic (exact) mass is 346 g/mol. The molecule has 0 saturated heterocycles. The molecule has 142 valence electrons. The van der Waals surface area contributed by atoms with E-state index >= 15 is 0 Å². The Morgan fingerprint density at radius 2 is 1.32 bits per heavy atom. The smallest absolute Gasteiger partial charge is 0.250 e. The number of carbonyl (C=O) groups is 1. The number of primary amides is 1. The first-order chi connectivity index (χ1) is 12.2. The summed E-state index contributed by atoms with van der Waals surface area (Å²) in [6.45, 7) is 4.48. The SMILES string of the molecule is CCCCCCCCc1ccc(C(N)=O)c(CCCCCCCC)n1. The molecule has 0 unspecified atom stereocenters. The van der Waals surface area contributed by atoms with Gasteiger partial charge in [0.25, 0.3) is 5.91 Å². The van der Waals surface area contributed by atoms with Gasteiger partial charge < -0.3 is 5.73 Å². The minimum atomic E-state index is -0.348. The largest absolute Gasteiger partial charge is 0.366 e. The molecule has 0 saturated carbocycles. The molecule has 0 aliphatic heterocycles. The molecule has 0 spiro atoms. The van der Waals surface area contributed by atoms with Crippen LogP contribution in [-0.2, 0) is 12.8 Å². The lowest BCUT2D eigenvalue weighted by Gasteiger charge is -2.09. The number of nitrogens with zero attached hydrogens (tertiary/aromatic N) is 1. The van der Waals surface area contributed by atoms with Crippen LogP contribution in [0, 0.1) is 0 Å². The van der Waals surface area contributed by atoms with Crippen LogP contribution in [0.15, 0.2) is 12.1 Å². The lowest BCUT2D eigenvalue weighted by atomic mass is 10.0. The number of carbonyl (C=O) groups excluding carboxylic acids is 1. The van der Waals surface area contributed by atoms with Gasteiger partial charge in [0.1, 0.15) is 0 Å². The summed E-state index contributed by atoms with van der Waals surface area (Å²) in [6.07, 6.45) is 17.1. The minimum Gasteiger partial charge on any atom is -0.366 e. The summed E-state index contributed by atoms with van der Waals surface area (Å²) in [4.78, 5) is 16.4. The van der Waals surface area contributed by atoms with Crippen LogP contribution in [0.5, 0.6) is 0 Å². The maximum atomic E-state index is 11.7. The molecule has 0 atom stereocenters. The third-order valence-electron chi connectivity index (χ3n) is 4.85. The number of hydrogen-bond acceptors (Lipinski definition) is 2. The minimum absolute atomic E-state index is 0.348. The van der Waals surface area contributed by atoms with Gasteiger partial charge in [0.05, 0.1) is 11.3 Å². The third kappa shape index (κ3) is 9.62. The molecular weight excluding hydrogens is 308 g/mol. The molecule has 0 bridgehead atoms. The van der Waals surface area contributed by atoms with Gasteiger partial charge in [0, 0.05) is 5.69 Å². The lowest BCUT2D eigenvalue weighted by molar-refractivity contribution is 0.0999. The van der Waals surface area contributed by atoms with Crippen LogP contribution in [0.4, 0.5) is 0 Å². The maximum Gasteiger partial charge on any atom is 0.250 e. The van der Waals surface area contributed by atoms with Crippen molar-refractivity contribution in [2.75, 3.05) is 0 Å². The van der Waals surface area contributed by atoms with Crippen molar-refractivity contribution in [2.45, 2.75) is 104 Å². The van der Waals surface area contributed by atoms with E-state index in [0.717, 1.165) is 30.7 Å². The van der Waals surface area contributed by atoms with Gasteiger partial charge in [0.15, 0.2) is 0 Å². The molecule has 0 fully saturated rings. The average Bonchev–Trinajstić information content (AvgIpc) is 2.61. The zero-order valence-electron chi connectivity index (χ0n) is 16.5. The van der Waals surface area contributed by atoms with Crippen LogP contribution in [0.2, 0.25) is 0 Å². The number of pyridine rings is 1. The van der Waals surface area contributed by atoms with Crippen LogP contribution < -0.4 is 5.73 Å². The summed E-state index contributed by atoms with van der Waals surface area (Å²) in [5.74, 6) is -0.348. The zero-order valence-corrected chi connectivity index (χ0v) is 16.5. The van der Waals surface area contributed by atoms with Gasteiger partial charge in [0.2, 0.25) is 0 Å². The first-order valence-electron chi connectivity index (χ1n) is 10.5. The van der Waals surface area contributed by atoms with Crippen molar-refractivity contribution in [3.8, 4) is 0 Å². The maximum absolute atomic E-state index is 11.7. The molecule has 25 heavy (non-hydrogen) atoms. The number of amides is 1. The number of aromatic nitrogens is 1. The molecule has 1 aromatic rings. The molecule has 0 radical (unpaired) electrons. The molecular formula is C22H38N2O. The van der Waals surface area contributed by atoms with Gasteiger partial charge in [-0.2, -0.15) is 0 Å². The molecule has 0 aliphatic carbocycles.